The van der Waals surface area contributed by atoms with Gasteiger partial charge >= 0.3 is 0 Å². The van der Waals surface area contributed by atoms with Crippen LogP contribution >= 0.6 is 0 Å². The van der Waals surface area contributed by atoms with Crippen LogP contribution in [0.2, 0.25) is 0 Å². The average molecular weight is 339 g/mol. The molecule has 1 fully saturated rings. The average Bonchev–Trinajstić information content (AvgIpc) is 3.13. The fraction of sp³-hybridized carbons (Fsp3) is 0.526. The fourth-order valence-corrected chi connectivity index (χ4v) is 4.22. The number of imidazole rings is 1. The van der Waals surface area contributed by atoms with Crippen molar-refractivity contribution in [3.05, 3.63) is 47.8 Å². The highest BCUT2D eigenvalue weighted by Gasteiger charge is 2.44. The molecule has 0 unspecified atom stereocenters. The van der Waals surface area contributed by atoms with Crippen molar-refractivity contribution in [3.8, 4) is 0 Å². The van der Waals surface area contributed by atoms with Gasteiger partial charge in [0.2, 0.25) is 5.91 Å². The number of carbonyl (C=O) groups excluding carboxylic acids is 1. The Kier molecular flexibility index (Phi) is 4.53. The maximum Gasteiger partial charge on any atom is 0.237 e. The Bertz CT molecular complexity index is 720. The van der Waals surface area contributed by atoms with Gasteiger partial charge in [-0.2, -0.15) is 0 Å². The summed E-state index contributed by atoms with van der Waals surface area (Å²) in [5, 5.41) is 6.72. The van der Waals surface area contributed by atoms with Gasteiger partial charge in [0.1, 0.15) is 0 Å². The molecule has 0 bridgehead atoms. The fourth-order valence-electron chi connectivity index (χ4n) is 4.22. The number of aromatic amines is 1. The second-order valence-electron chi connectivity index (χ2n) is 7.14. The quantitative estimate of drug-likeness (QED) is 0.794. The Morgan fingerprint density at radius 1 is 1.24 bits per heavy atom. The summed E-state index contributed by atoms with van der Waals surface area (Å²) < 4.78 is 0. The summed E-state index contributed by atoms with van der Waals surface area (Å²) in [5.74, 6) is 0.0705. The Balaban J connectivity index is 1.41. The van der Waals surface area contributed by atoms with Crippen molar-refractivity contribution in [2.75, 3.05) is 6.54 Å². The molecule has 6 heteroatoms. The van der Waals surface area contributed by atoms with E-state index in [0.29, 0.717) is 13.0 Å². The molecule has 6 nitrogen and oxygen atoms in total. The van der Waals surface area contributed by atoms with Crippen LogP contribution in [0.25, 0.3) is 0 Å². The summed E-state index contributed by atoms with van der Waals surface area (Å²) in [4.78, 5) is 24.8. The second-order valence-corrected chi connectivity index (χ2v) is 7.14. The molecule has 1 aliphatic carbocycles. The molecule has 25 heavy (non-hydrogen) atoms. The van der Waals surface area contributed by atoms with Gasteiger partial charge in [-0.1, -0.05) is 25.3 Å². The lowest BCUT2D eigenvalue weighted by Crippen LogP contribution is -2.59. The number of amides is 1. The molecular weight excluding hydrogens is 314 g/mol. The number of rotatable bonds is 4. The lowest BCUT2D eigenvalue weighted by molar-refractivity contribution is -0.124. The van der Waals surface area contributed by atoms with Crippen LogP contribution < -0.4 is 10.6 Å². The zero-order valence-electron chi connectivity index (χ0n) is 14.4. The van der Waals surface area contributed by atoms with E-state index in [4.69, 9.17) is 0 Å². The maximum absolute atomic E-state index is 12.7. The summed E-state index contributed by atoms with van der Waals surface area (Å²) in [5.41, 5.74) is 3.11. The molecular formula is C19H25N5O. The largest absolute Gasteiger partial charge is 0.354 e. The molecule has 132 valence electrons. The second kappa shape index (κ2) is 6.96. The minimum Gasteiger partial charge on any atom is -0.354 e. The summed E-state index contributed by atoms with van der Waals surface area (Å²) in [6.07, 6.45) is 10.7. The lowest BCUT2D eigenvalue weighted by atomic mass is 9.75. The van der Waals surface area contributed by atoms with Crippen molar-refractivity contribution < 1.29 is 4.79 Å². The predicted octanol–water partition coefficient (Wildman–Crippen LogP) is 1.84. The zero-order valence-corrected chi connectivity index (χ0v) is 14.4. The number of hydrogen-bond donors (Lipinski definition) is 3. The van der Waals surface area contributed by atoms with Gasteiger partial charge in [-0.15, -0.1) is 0 Å². The number of fused-ring (bicyclic) bond motifs is 2. The van der Waals surface area contributed by atoms with E-state index >= 15 is 0 Å². The third-order valence-corrected chi connectivity index (χ3v) is 5.46. The number of nitrogens with zero attached hydrogens (tertiary/aromatic N) is 2. The van der Waals surface area contributed by atoms with Gasteiger partial charge in [-0.25, -0.2) is 4.98 Å². The number of aromatic nitrogens is 3. The van der Waals surface area contributed by atoms with E-state index in [1.807, 2.05) is 18.2 Å². The molecule has 0 radical (unpaired) electrons. The van der Waals surface area contributed by atoms with Crippen molar-refractivity contribution in [1.29, 1.82) is 0 Å². The Labute approximate surface area is 147 Å². The van der Waals surface area contributed by atoms with E-state index in [-0.39, 0.29) is 17.5 Å². The Hall–Kier alpha value is -2.21. The minimum atomic E-state index is -0.199. The molecule has 2 aliphatic rings. The van der Waals surface area contributed by atoms with E-state index in [9.17, 15) is 4.79 Å². The third kappa shape index (κ3) is 3.31. The molecule has 3 heterocycles. The van der Waals surface area contributed by atoms with E-state index in [1.165, 1.54) is 19.3 Å². The summed E-state index contributed by atoms with van der Waals surface area (Å²) in [6.45, 7) is 0.608. The van der Waals surface area contributed by atoms with Crippen LogP contribution in [0.5, 0.6) is 0 Å². The first kappa shape index (κ1) is 16.3. The number of nitrogens with one attached hydrogen (secondary N) is 3. The van der Waals surface area contributed by atoms with Gasteiger partial charge in [-0.3, -0.25) is 15.1 Å². The van der Waals surface area contributed by atoms with Crippen LogP contribution in [-0.4, -0.2) is 33.4 Å². The van der Waals surface area contributed by atoms with Gasteiger partial charge in [-0.05, 0) is 25.0 Å². The zero-order chi connectivity index (χ0) is 17.1. The highest BCUT2D eigenvalue weighted by atomic mass is 16.2. The van der Waals surface area contributed by atoms with Gasteiger partial charge in [0.05, 0.1) is 23.6 Å². The number of pyridine rings is 1. The van der Waals surface area contributed by atoms with Crippen LogP contribution in [0.15, 0.2) is 30.7 Å². The molecule has 4 rings (SSSR count). The molecule has 1 saturated carbocycles. The monoisotopic (exact) mass is 339 g/mol. The first-order valence-corrected chi connectivity index (χ1v) is 9.25. The molecule has 3 N–H and O–H groups in total. The molecule has 0 saturated heterocycles. The number of H-pyrrole nitrogens is 1. The van der Waals surface area contributed by atoms with Crippen LogP contribution in [0.3, 0.4) is 0 Å². The number of carbonyl (C=O) groups is 1. The summed E-state index contributed by atoms with van der Waals surface area (Å²) in [6, 6.07) is 5.66. The van der Waals surface area contributed by atoms with Crippen LogP contribution in [0.1, 0.15) is 49.2 Å². The third-order valence-electron chi connectivity index (χ3n) is 5.46. The van der Waals surface area contributed by atoms with E-state index in [2.05, 4.69) is 25.6 Å². The molecule has 1 atom stereocenters. The standard InChI is InChI=1S/C19H25N5O/c25-18(21-11-7-14-6-2-5-10-20-14)16-12-15-17(23-13-22-15)19(24-16)8-3-1-4-9-19/h2,5-6,10,13,16,24H,1,3-4,7-9,11-12H2,(H,21,25)(H,22,23)/t16-/m0/s1. The van der Waals surface area contributed by atoms with Crippen molar-refractivity contribution in [2.45, 2.75) is 56.5 Å². The lowest BCUT2D eigenvalue weighted by Gasteiger charge is -2.43. The van der Waals surface area contributed by atoms with E-state index < -0.39 is 0 Å². The van der Waals surface area contributed by atoms with Crippen LogP contribution in [0.4, 0.5) is 0 Å². The first-order chi connectivity index (χ1) is 12.3. The Morgan fingerprint density at radius 3 is 2.92 bits per heavy atom. The topological polar surface area (TPSA) is 82.7 Å². The maximum atomic E-state index is 12.7. The van der Waals surface area contributed by atoms with Gasteiger partial charge < -0.3 is 10.3 Å². The van der Waals surface area contributed by atoms with Crippen LogP contribution in [0, 0.1) is 0 Å². The molecule has 1 spiro atoms. The molecule has 0 aromatic carbocycles. The predicted molar refractivity (Wildman–Crippen MR) is 94.9 cm³/mol. The van der Waals surface area contributed by atoms with Gasteiger partial charge in [0, 0.05) is 37.0 Å². The van der Waals surface area contributed by atoms with Gasteiger partial charge in [0.25, 0.3) is 0 Å². The van der Waals surface area contributed by atoms with Gasteiger partial charge in [0.15, 0.2) is 0 Å². The minimum absolute atomic E-state index is 0.0705. The molecule has 2 aromatic rings. The van der Waals surface area contributed by atoms with Crippen molar-refractivity contribution in [3.63, 3.8) is 0 Å². The molecule has 2 aromatic heterocycles. The molecule has 1 amide bonds. The highest BCUT2D eigenvalue weighted by molar-refractivity contribution is 5.82. The van der Waals surface area contributed by atoms with E-state index in [1.54, 1.807) is 12.5 Å². The summed E-state index contributed by atoms with van der Waals surface area (Å²) in [7, 11) is 0. The Morgan fingerprint density at radius 2 is 2.12 bits per heavy atom. The smallest absolute Gasteiger partial charge is 0.237 e. The number of hydrogen-bond acceptors (Lipinski definition) is 4. The van der Waals surface area contributed by atoms with Crippen LogP contribution in [-0.2, 0) is 23.2 Å². The highest BCUT2D eigenvalue weighted by Crippen LogP contribution is 2.40. The van der Waals surface area contributed by atoms with Crippen molar-refractivity contribution in [2.24, 2.45) is 0 Å². The van der Waals surface area contributed by atoms with Crippen molar-refractivity contribution >= 4 is 5.91 Å². The van der Waals surface area contributed by atoms with E-state index in [0.717, 1.165) is 36.3 Å². The summed E-state index contributed by atoms with van der Waals surface area (Å²) >= 11 is 0. The first-order valence-electron chi connectivity index (χ1n) is 9.25. The van der Waals surface area contributed by atoms with Crippen molar-refractivity contribution in [1.82, 2.24) is 25.6 Å². The SMILES string of the molecule is O=C(NCCc1ccccn1)[C@@H]1Cc2[nH]cnc2C2(CCCCC2)N1. The normalized spacial score (nSPS) is 21.7. The molecule has 1 aliphatic heterocycles.